The molecule has 6 nitrogen and oxygen atoms in total. The van der Waals surface area contributed by atoms with Gasteiger partial charge in [0.05, 0.1) is 19.5 Å². The first-order valence-electron chi connectivity index (χ1n) is 7.13. The minimum absolute atomic E-state index is 0.127. The third kappa shape index (κ3) is 3.21. The Kier molecular flexibility index (Phi) is 4.71. The molecule has 0 saturated carbocycles. The lowest BCUT2D eigenvalue weighted by atomic mass is 10.2. The normalized spacial score (nSPS) is 10.6. The number of aromatic nitrogens is 1. The largest absolute Gasteiger partial charge is 0.493 e. The molecule has 124 valence electrons. The summed E-state index contributed by atoms with van der Waals surface area (Å²) in [6, 6.07) is 10.8. The zero-order chi connectivity index (χ0) is 17.1. The van der Waals surface area contributed by atoms with Gasteiger partial charge in [0, 0.05) is 11.3 Å². The van der Waals surface area contributed by atoms with Gasteiger partial charge in [0.1, 0.15) is 5.52 Å². The summed E-state index contributed by atoms with van der Waals surface area (Å²) >= 11 is 3.11. The van der Waals surface area contributed by atoms with Crippen LogP contribution in [0.1, 0.15) is 0 Å². The zero-order valence-corrected chi connectivity index (χ0v) is 14.7. The van der Waals surface area contributed by atoms with Crippen molar-refractivity contribution in [3.8, 4) is 23.0 Å². The first-order valence-corrected chi connectivity index (χ1v) is 8.25. The molecule has 2 aromatic carbocycles. The highest BCUT2D eigenvalue weighted by Gasteiger charge is 2.12. The summed E-state index contributed by atoms with van der Waals surface area (Å²) in [4.78, 5) is 15.9. The van der Waals surface area contributed by atoms with Crippen molar-refractivity contribution in [3.63, 3.8) is 0 Å². The molecule has 1 aromatic heterocycles. The fourth-order valence-corrected chi connectivity index (χ4v) is 2.43. The number of oxazole rings is 1. The topological polar surface area (TPSA) is 73.6 Å². The van der Waals surface area contributed by atoms with E-state index in [1.807, 2.05) is 6.07 Å². The van der Waals surface area contributed by atoms with Gasteiger partial charge < -0.3 is 19.2 Å². The van der Waals surface area contributed by atoms with E-state index in [4.69, 9.17) is 13.9 Å². The number of fused-ring (bicyclic) bond motifs is 1. The number of hydrogen-bond acceptors (Lipinski definition) is 5. The molecule has 0 radical (unpaired) electrons. The quantitative estimate of drug-likeness (QED) is 0.669. The number of nitrogens with one attached hydrogen (secondary N) is 1. The Morgan fingerprint density at radius 2 is 1.96 bits per heavy atom. The van der Waals surface area contributed by atoms with Crippen LogP contribution in [0.4, 0.5) is 5.69 Å². The lowest BCUT2D eigenvalue weighted by Gasteiger charge is -2.07. The number of anilines is 1. The number of carbonyl (C=O) groups is 1. The van der Waals surface area contributed by atoms with Crippen LogP contribution < -0.4 is 14.8 Å². The van der Waals surface area contributed by atoms with Crippen LogP contribution in [0.25, 0.3) is 22.6 Å². The van der Waals surface area contributed by atoms with E-state index in [0.717, 1.165) is 5.56 Å². The molecule has 0 spiro atoms. The standard InChI is InChI=1S/C17H15BrN2O4/c1-22-14-5-3-10(7-15(14)23-2)17-20-12-8-11(19-16(21)9-18)4-6-13(12)24-17/h3-8H,9H2,1-2H3,(H,19,21). The molecule has 0 aliphatic heterocycles. The van der Waals surface area contributed by atoms with Crippen LogP contribution in [-0.4, -0.2) is 30.4 Å². The van der Waals surface area contributed by atoms with Crippen molar-refractivity contribution < 1.29 is 18.7 Å². The fourth-order valence-electron chi connectivity index (χ4n) is 2.29. The summed E-state index contributed by atoms with van der Waals surface area (Å²) in [6.07, 6.45) is 0. The van der Waals surface area contributed by atoms with Crippen LogP contribution >= 0.6 is 15.9 Å². The van der Waals surface area contributed by atoms with E-state index in [9.17, 15) is 4.79 Å². The third-order valence-corrected chi connectivity index (χ3v) is 3.93. The van der Waals surface area contributed by atoms with Crippen molar-refractivity contribution in [1.29, 1.82) is 0 Å². The summed E-state index contributed by atoms with van der Waals surface area (Å²) in [5, 5.41) is 3.00. The van der Waals surface area contributed by atoms with Crippen molar-refractivity contribution in [1.82, 2.24) is 4.98 Å². The second-order valence-electron chi connectivity index (χ2n) is 4.95. The average Bonchev–Trinajstić information content (AvgIpc) is 3.04. The van der Waals surface area contributed by atoms with Gasteiger partial charge in [-0.15, -0.1) is 0 Å². The predicted molar refractivity (Wildman–Crippen MR) is 95.0 cm³/mol. The average molecular weight is 391 g/mol. The van der Waals surface area contributed by atoms with E-state index < -0.39 is 0 Å². The molecule has 3 aromatic rings. The monoisotopic (exact) mass is 390 g/mol. The molecule has 7 heteroatoms. The van der Waals surface area contributed by atoms with Crippen molar-refractivity contribution >= 4 is 38.6 Å². The van der Waals surface area contributed by atoms with Gasteiger partial charge in [-0.3, -0.25) is 4.79 Å². The number of amides is 1. The molecule has 24 heavy (non-hydrogen) atoms. The Morgan fingerprint density at radius 1 is 1.17 bits per heavy atom. The van der Waals surface area contributed by atoms with Crippen molar-refractivity contribution in [3.05, 3.63) is 36.4 Å². The highest BCUT2D eigenvalue weighted by atomic mass is 79.9. The Hall–Kier alpha value is -2.54. The molecule has 0 fully saturated rings. The summed E-state index contributed by atoms with van der Waals surface area (Å²) in [6.45, 7) is 0. The van der Waals surface area contributed by atoms with Gasteiger partial charge in [-0.1, -0.05) is 15.9 Å². The second-order valence-corrected chi connectivity index (χ2v) is 5.51. The number of rotatable bonds is 5. The number of alkyl halides is 1. The zero-order valence-electron chi connectivity index (χ0n) is 13.1. The Balaban J connectivity index is 1.97. The van der Waals surface area contributed by atoms with Crippen LogP contribution in [0.5, 0.6) is 11.5 Å². The Morgan fingerprint density at radius 3 is 2.67 bits per heavy atom. The minimum atomic E-state index is -0.127. The van der Waals surface area contributed by atoms with E-state index >= 15 is 0 Å². The summed E-state index contributed by atoms with van der Waals surface area (Å²) in [7, 11) is 3.16. The molecular weight excluding hydrogens is 376 g/mol. The molecule has 0 bridgehead atoms. The third-order valence-electron chi connectivity index (χ3n) is 3.42. The first kappa shape index (κ1) is 16.3. The second kappa shape index (κ2) is 6.92. The molecular formula is C17H15BrN2O4. The summed E-state index contributed by atoms with van der Waals surface area (Å²) in [5.41, 5.74) is 2.73. The van der Waals surface area contributed by atoms with Gasteiger partial charge in [0.2, 0.25) is 11.8 Å². The Bertz CT molecular complexity index is 891. The minimum Gasteiger partial charge on any atom is -0.493 e. The SMILES string of the molecule is COc1ccc(-c2nc3cc(NC(=O)CBr)ccc3o2)cc1OC. The fraction of sp³-hybridized carbons (Fsp3) is 0.176. The molecule has 0 saturated heterocycles. The van der Waals surface area contributed by atoms with E-state index in [1.54, 1.807) is 44.6 Å². The molecule has 0 unspecified atom stereocenters. The van der Waals surface area contributed by atoms with Crippen LogP contribution in [-0.2, 0) is 4.79 Å². The lowest BCUT2D eigenvalue weighted by molar-refractivity contribution is -0.113. The highest BCUT2D eigenvalue weighted by molar-refractivity contribution is 9.09. The highest BCUT2D eigenvalue weighted by Crippen LogP contribution is 2.33. The van der Waals surface area contributed by atoms with Gasteiger partial charge in [-0.25, -0.2) is 4.98 Å². The van der Waals surface area contributed by atoms with E-state index in [1.165, 1.54) is 0 Å². The van der Waals surface area contributed by atoms with Crippen molar-refractivity contribution in [2.24, 2.45) is 0 Å². The van der Waals surface area contributed by atoms with E-state index in [-0.39, 0.29) is 11.2 Å². The molecule has 1 N–H and O–H groups in total. The number of ether oxygens (including phenoxy) is 2. The molecule has 0 aliphatic carbocycles. The van der Waals surface area contributed by atoms with Gasteiger partial charge >= 0.3 is 0 Å². The van der Waals surface area contributed by atoms with Crippen LogP contribution in [0, 0.1) is 0 Å². The van der Waals surface area contributed by atoms with Gasteiger partial charge in [0.15, 0.2) is 17.1 Å². The number of nitrogens with zero attached hydrogens (tertiary/aromatic N) is 1. The maximum Gasteiger partial charge on any atom is 0.235 e. The van der Waals surface area contributed by atoms with Gasteiger partial charge in [-0.2, -0.15) is 0 Å². The predicted octanol–water partition coefficient (Wildman–Crippen LogP) is 3.85. The van der Waals surface area contributed by atoms with Crippen molar-refractivity contribution in [2.75, 3.05) is 24.9 Å². The number of benzene rings is 2. The van der Waals surface area contributed by atoms with Crippen LogP contribution in [0.3, 0.4) is 0 Å². The smallest absolute Gasteiger partial charge is 0.235 e. The lowest BCUT2D eigenvalue weighted by Crippen LogP contribution is -2.11. The van der Waals surface area contributed by atoms with Gasteiger partial charge in [-0.05, 0) is 36.4 Å². The van der Waals surface area contributed by atoms with Crippen molar-refractivity contribution in [2.45, 2.75) is 0 Å². The maximum atomic E-state index is 11.4. The van der Waals surface area contributed by atoms with E-state index in [2.05, 4.69) is 26.2 Å². The van der Waals surface area contributed by atoms with E-state index in [0.29, 0.717) is 34.2 Å². The molecule has 1 heterocycles. The number of hydrogen-bond donors (Lipinski definition) is 1. The molecule has 0 aliphatic rings. The Labute approximate surface area is 146 Å². The number of carbonyl (C=O) groups excluding carboxylic acids is 1. The van der Waals surface area contributed by atoms with Crippen LogP contribution in [0.15, 0.2) is 40.8 Å². The summed E-state index contributed by atoms with van der Waals surface area (Å²) in [5.74, 6) is 1.58. The first-order chi connectivity index (χ1) is 11.6. The maximum absolute atomic E-state index is 11.4. The van der Waals surface area contributed by atoms with Gasteiger partial charge in [0.25, 0.3) is 0 Å². The number of halogens is 1. The molecule has 0 atom stereocenters. The molecule has 3 rings (SSSR count). The molecule has 1 amide bonds. The van der Waals surface area contributed by atoms with Crippen LogP contribution in [0.2, 0.25) is 0 Å². The summed E-state index contributed by atoms with van der Waals surface area (Å²) < 4.78 is 16.3. The number of methoxy groups -OCH3 is 2.